The van der Waals surface area contributed by atoms with Crippen LogP contribution in [-0.4, -0.2) is 64.3 Å². The molecule has 0 aliphatic carbocycles. The SMILES string of the molecule is COC(=O)C(Cc1cc(I)c(Oc2cc(I)c(O)c(I)c2)c(I)c1)NC(=O)COCC(=O)On1c(O)ccc1O. The quantitative estimate of drug-likeness (QED) is 0.165. The Balaban J connectivity index is 1.61. The summed E-state index contributed by atoms with van der Waals surface area (Å²) < 4.78 is 19.3. The third-order valence-corrected chi connectivity index (χ3v) is 8.22. The first kappa shape index (κ1) is 32.7. The number of aromatic nitrogens is 1. The summed E-state index contributed by atoms with van der Waals surface area (Å²) in [7, 11) is 1.20. The van der Waals surface area contributed by atoms with Crippen LogP contribution in [0.5, 0.6) is 29.0 Å². The first-order valence-corrected chi connectivity index (χ1v) is 15.3. The van der Waals surface area contributed by atoms with Gasteiger partial charge in [-0.2, -0.15) is 0 Å². The molecule has 0 radical (unpaired) electrons. The summed E-state index contributed by atoms with van der Waals surface area (Å²) in [6, 6.07) is 8.26. The fourth-order valence-corrected chi connectivity index (χ4v) is 7.03. The number of nitrogens with one attached hydrogen (secondary N) is 1. The molecule has 1 heterocycles. The first-order valence-electron chi connectivity index (χ1n) is 11.0. The van der Waals surface area contributed by atoms with Crippen LogP contribution in [0.3, 0.4) is 0 Å². The summed E-state index contributed by atoms with van der Waals surface area (Å²) in [4.78, 5) is 41.4. The van der Waals surface area contributed by atoms with Gasteiger partial charge in [0.1, 0.15) is 30.8 Å². The predicted molar refractivity (Wildman–Crippen MR) is 173 cm³/mol. The normalized spacial score (nSPS) is 11.5. The highest BCUT2D eigenvalue weighted by atomic mass is 127. The minimum absolute atomic E-state index is 0.105. The molecule has 2 aromatic carbocycles. The van der Waals surface area contributed by atoms with Crippen molar-refractivity contribution in [2.24, 2.45) is 0 Å². The van der Waals surface area contributed by atoms with Crippen molar-refractivity contribution >= 4 is 108 Å². The Labute approximate surface area is 282 Å². The van der Waals surface area contributed by atoms with Gasteiger partial charge in [-0.15, -0.1) is 4.73 Å². The zero-order chi connectivity index (χ0) is 29.6. The second-order valence-electron chi connectivity index (χ2n) is 7.87. The van der Waals surface area contributed by atoms with E-state index in [1.54, 1.807) is 12.1 Å². The molecule has 214 valence electrons. The minimum Gasteiger partial charge on any atom is -0.506 e. The number of carbonyl (C=O) groups excluding carboxylic acids is 3. The molecule has 3 aromatic rings. The average Bonchev–Trinajstić information content (AvgIpc) is 3.20. The van der Waals surface area contributed by atoms with Crippen molar-refractivity contribution in [3.63, 3.8) is 0 Å². The van der Waals surface area contributed by atoms with Gasteiger partial charge in [0.15, 0.2) is 5.75 Å². The van der Waals surface area contributed by atoms with Crippen LogP contribution in [0.25, 0.3) is 0 Å². The lowest BCUT2D eigenvalue weighted by molar-refractivity contribution is -0.152. The molecule has 0 aliphatic rings. The molecule has 0 bridgehead atoms. The molecule has 1 unspecified atom stereocenters. The van der Waals surface area contributed by atoms with E-state index in [1.807, 2.05) is 57.3 Å². The van der Waals surface area contributed by atoms with Crippen LogP contribution >= 0.6 is 90.4 Å². The maximum Gasteiger partial charge on any atom is 0.358 e. The Bertz CT molecular complexity index is 1360. The summed E-state index contributed by atoms with van der Waals surface area (Å²) in [6.07, 6.45) is 0.105. The van der Waals surface area contributed by atoms with Crippen molar-refractivity contribution in [2.75, 3.05) is 20.3 Å². The molecule has 1 amide bonds. The molecule has 40 heavy (non-hydrogen) atoms. The number of hydrogen-bond donors (Lipinski definition) is 4. The maximum absolute atomic E-state index is 12.4. The third-order valence-electron chi connectivity index (χ3n) is 4.97. The number of rotatable bonds is 11. The van der Waals surface area contributed by atoms with Gasteiger partial charge in [-0.25, -0.2) is 9.59 Å². The van der Waals surface area contributed by atoms with E-state index < -0.39 is 48.9 Å². The number of hydrogen-bond acceptors (Lipinski definition) is 10. The van der Waals surface area contributed by atoms with E-state index in [4.69, 9.17) is 19.0 Å². The van der Waals surface area contributed by atoms with Gasteiger partial charge in [0.2, 0.25) is 17.7 Å². The zero-order valence-corrected chi connectivity index (χ0v) is 29.0. The summed E-state index contributed by atoms with van der Waals surface area (Å²) in [6.45, 7) is -1.23. The molecule has 4 N–H and O–H groups in total. The monoisotopic (exact) mass is 1000 g/mol. The summed E-state index contributed by atoms with van der Waals surface area (Å²) in [5.41, 5.74) is 0.725. The molecule has 3 rings (SSSR count). The smallest absolute Gasteiger partial charge is 0.358 e. The number of phenolic OH excluding ortho intramolecular Hbond substituents is 1. The number of phenols is 1. The number of esters is 1. The highest BCUT2D eigenvalue weighted by Gasteiger charge is 2.24. The van der Waals surface area contributed by atoms with Crippen molar-refractivity contribution in [1.29, 1.82) is 0 Å². The van der Waals surface area contributed by atoms with Crippen LogP contribution in [0.2, 0.25) is 0 Å². The van der Waals surface area contributed by atoms with E-state index >= 15 is 0 Å². The van der Waals surface area contributed by atoms with E-state index in [0.717, 1.165) is 24.8 Å². The summed E-state index contributed by atoms with van der Waals surface area (Å²) in [5, 5.41) is 31.5. The van der Waals surface area contributed by atoms with E-state index in [1.165, 1.54) is 7.11 Å². The molecule has 1 atom stereocenters. The van der Waals surface area contributed by atoms with Crippen molar-refractivity contribution in [3.05, 3.63) is 56.2 Å². The Morgan fingerprint density at radius 3 is 2.02 bits per heavy atom. The van der Waals surface area contributed by atoms with Crippen molar-refractivity contribution < 1.29 is 48.8 Å². The van der Waals surface area contributed by atoms with Gasteiger partial charge in [-0.1, -0.05) is 0 Å². The van der Waals surface area contributed by atoms with Crippen LogP contribution in [0.1, 0.15) is 5.56 Å². The Morgan fingerprint density at radius 2 is 1.48 bits per heavy atom. The van der Waals surface area contributed by atoms with Gasteiger partial charge in [-0.3, -0.25) is 4.79 Å². The van der Waals surface area contributed by atoms with Gasteiger partial charge in [0.25, 0.3) is 0 Å². The summed E-state index contributed by atoms with van der Waals surface area (Å²) >= 11 is 8.27. The van der Waals surface area contributed by atoms with Crippen molar-refractivity contribution in [1.82, 2.24) is 10.0 Å². The average molecular weight is 1000 g/mol. The highest BCUT2D eigenvalue weighted by Crippen LogP contribution is 2.37. The Hall–Kier alpha value is -1.79. The predicted octanol–water partition coefficient (Wildman–Crippen LogP) is 3.69. The molecule has 0 saturated carbocycles. The molecule has 0 fully saturated rings. The third kappa shape index (κ3) is 8.85. The molecular weight excluding hydrogens is 984 g/mol. The number of carbonyl (C=O) groups is 3. The molecule has 0 aliphatic heterocycles. The van der Waals surface area contributed by atoms with Crippen molar-refractivity contribution in [2.45, 2.75) is 12.5 Å². The van der Waals surface area contributed by atoms with E-state index in [0.29, 0.717) is 23.4 Å². The maximum atomic E-state index is 12.4. The molecule has 0 spiro atoms. The molecule has 0 saturated heterocycles. The minimum atomic E-state index is -1.04. The van der Waals surface area contributed by atoms with Crippen LogP contribution in [0.4, 0.5) is 0 Å². The highest BCUT2D eigenvalue weighted by molar-refractivity contribution is 14.1. The fraction of sp³-hybridized carbons (Fsp3) is 0.208. The van der Waals surface area contributed by atoms with Crippen molar-refractivity contribution in [3.8, 4) is 29.0 Å². The van der Waals surface area contributed by atoms with Gasteiger partial charge < -0.3 is 39.7 Å². The number of aromatic hydroxyl groups is 3. The lowest BCUT2D eigenvalue weighted by Crippen LogP contribution is -2.44. The Kier molecular flexibility index (Phi) is 12.2. The van der Waals surface area contributed by atoms with Crippen LogP contribution in [0, 0.1) is 14.3 Å². The van der Waals surface area contributed by atoms with Gasteiger partial charge >= 0.3 is 11.9 Å². The first-order chi connectivity index (χ1) is 18.9. The number of nitrogens with zero attached hydrogens (tertiary/aromatic N) is 1. The second kappa shape index (κ2) is 14.9. The molecule has 16 heteroatoms. The zero-order valence-electron chi connectivity index (χ0n) is 20.3. The number of ether oxygens (including phenoxy) is 3. The van der Waals surface area contributed by atoms with Gasteiger partial charge in [0.05, 0.1) is 21.4 Å². The number of amides is 1. The second-order valence-corrected chi connectivity index (χ2v) is 12.5. The van der Waals surface area contributed by atoms with Crippen LogP contribution < -0.4 is 14.9 Å². The van der Waals surface area contributed by atoms with Crippen LogP contribution in [0.15, 0.2) is 36.4 Å². The van der Waals surface area contributed by atoms with Crippen LogP contribution in [-0.2, 0) is 30.3 Å². The van der Waals surface area contributed by atoms with E-state index in [9.17, 15) is 29.7 Å². The molecular formula is C24H20I4N2O10. The van der Waals surface area contributed by atoms with E-state index in [-0.39, 0.29) is 12.2 Å². The lowest BCUT2D eigenvalue weighted by atomic mass is 10.1. The fourth-order valence-electron chi connectivity index (χ4n) is 3.20. The number of halogens is 4. The Morgan fingerprint density at radius 1 is 0.900 bits per heavy atom. The number of methoxy groups -OCH3 is 1. The number of benzene rings is 2. The standard InChI is InChI=1S/C24H20I4N2O10/c1-37-24(36)17(29-18(31)9-38-10-21(34)40-30-19(32)2-3-20(30)33)6-11-4-15(27)23(16(28)5-11)39-12-7-13(25)22(35)14(26)8-12/h2-5,7-8,17,32-33,35H,6,9-10H2,1H3,(H,29,31). The largest absolute Gasteiger partial charge is 0.506 e. The molecule has 12 nitrogen and oxygen atoms in total. The summed E-state index contributed by atoms with van der Waals surface area (Å²) in [5.74, 6) is -2.00. The molecule has 1 aromatic heterocycles. The van der Waals surface area contributed by atoms with E-state index in [2.05, 4.69) is 50.5 Å². The van der Waals surface area contributed by atoms with Gasteiger partial charge in [-0.05, 0) is 120 Å². The topological polar surface area (TPSA) is 166 Å². The van der Waals surface area contributed by atoms with Gasteiger partial charge in [0, 0.05) is 18.6 Å². The lowest BCUT2D eigenvalue weighted by Gasteiger charge is -2.18.